The Bertz CT molecular complexity index is 437. The van der Waals surface area contributed by atoms with Crippen molar-refractivity contribution in [3.63, 3.8) is 0 Å². The van der Waals surface area contributed by atoms with Crippen molar-refractivity contribution in [2.45, 2.75) is 39.2 Å². The van der Waals surface area contributed by atoms with Gasteiger partial charge in [-0.3, -0.25) is 4.90 Å². The molecule has 2 rings (SSSR count). The van der Waals surface area contributed by atoms with Crippen molar-refractivity contribution in [1.29, 1.82) is 0 Å². The first-order chi connectivity index (χ1) is 9.22. The average molecular weight is 262 g/mol. The fourth-order valence-corrected chi connectivity index (χ4v) is 2.65. The van der Waals surface area contributed by atoms with Crippen LogP contribution in [0.1, 0.15) is 31.4 Å². The molecule has 1 fully saturated rings. The second-order valence-electron chi connectivity index (χ2n) is 4.79. The Hall–Kier alpha value is -1.55. The van der Waals surface area contributed by atoms with E-state index in [-0.39, 0.29) is 12.1 Å². The standard InChI is InChI=1S/C15H22N2O2/c1-3-11-6-5-7-12(4-2)14(11)17-13(10-16)8-9-19-15(17)18/h5-7,13H,3-4,8-10,16H2,1-2H3. The Kier molecular flexibility index (Phi) is 4.43. The van der Waals surface area contributed by atoms with Crippen LogP contribution in [0.25, 0.3) is 0 Å². The van der Waals surface area contributed by atoms with Crippen LogP contribution < -0.4 is 10.6 Å². The summed E-state index contributed by atoms with van der Waals surface area (Å²) in [5.41, 5.74) is 9.19. The summed E-state index contributed by atoms with van der Waals surface area (Å²) >= 11 is 0. The molecule has 4 nitrogen and oxygen atoms in total. The van der Waals surface area contributed by atoms with Gasteiger partial charge in [-0.05, 0) is 24.0 Å². The highest BCUT2D eigenvalue weighted by Crippen LogP contribution is 2.31. The van der Waals surface area contributed by atoms with Crippen molar-refractivity contribution in [3.05, 3.63) is 29.3 Å². The van der Waals surface area contributed by atoms with Crippen LogP contribution in [-0.4, -0.2) is 25.3 Å². The molecule has 4 heteroatoms. The molecule has 1 amide bonds. The minimum atomic E-state index is -0.266. The maximum atomic E-state index is 12.1. The number of para-hydroxylation sites is 1. The molecule has 19 heavy (non-hydrogen) atoms. The summed E-state index contributed by atoms with van der Waals surface area (Å²) in [4.78, 5) is 13.9. The molecule has 1 unspecified atom stereocenters. The van der Waals surface area contributed by atoms with Crippen LogP contribution in [-0.2, 0) is 17.6 Å². The van der Waals surface area contributed by atoms with Crippen LogP contribution in [0, 0.1) is 0 Å². The Morgan fingerprint density at radius 1 is 1.32 bits per heavy atom. The molecule has 0 aromatic heterocycles. The van der Waals surface area contributed by atoms with E-state index in [1.54, 1.807) is 4.90 Å². The van der Waals surface area contributed by atoms with E-state index < -0.39 is 0 Å². The molecule has 1 aromatic rings. The molecule has 1 saturated heterocycles. The van der Waals surface area contributed by atoms with E-state index in [9.17, 15) is 4.79 Å². The van der Waals surface area contributed by atoms with Crippen molar-refractivity contribution < 1.29 is 9.53 Å². The highest BCUT2D eigenvalue weighted by atomic mass is 16.6. The Balaban J connectivity index is 2.50. The lowest BCUT2D eigenvalue weighted by Gasteiger charge is -2.36. The van der Waals surface area contributed by atoms with E-state index in [0.29, 0.717) is 13.2 Å². The lowest BCUT2D eigenvalue weighted by molar-refractivity contribution is 0.130. The fourth-order valence-electron chi connectivity index (χ4n) is 2.65. The second kappa shape index (κ2) is 6.06. The predicted octanol–water partition coefficient (Wildman–Crippen LogP) is 2.49. The maximum Gasteiger partial charge on any atom is 0.414 e. The summed E-state index contributed by atoms with van der Waals surface area (Å²) in [7, 11) is 0. The number of hydrogen-bond acceptors (Lipinski definition) is 3. The van der Waals surface area contributed by atoms with E-state index in [0.717, 1.165) is 24.9 Å². The van der Waals surface area contributed by atoms with Crippen molar-refractivity contribution in [3.8, 4) is 0 Å². The summed E-state index contributed by atoms with van der Waals surface area (Å²) < 4.78 is 5.21. The molecular formula is C15H22N2O2. The highest BCUT2D eigenvalue weighted by molar-refractivity contribution is 5.91. The van der Waals surface area contributed by atoms with Gasteiger partial charge in [0.1, 0.15) is 0 Å². The zero-order valence-electron chi connectivity index (χ0n) is 11.7. The summed E-state index contributed by atoms with van der Waals surface area (Å²) in [5, 5.41) is 0. The van der Waals surface area contributed by atoms with Crippen LogP contribution in [0.5, 0.6) is 0 Å². The SMILES string of the molecule is CCc1cccc(CC)c1N1C(=O)OCCC1CN. The van der Waals surface area contributed by atoms with Crippen molar-refractivity contribution in [2.24, 2.45) is 5.73 Å². The van der Waals surface area contributed by atoms with Gasteiger partial charge in [-0.1, -0.05) is 32.0 Å². The van der Waals surface area contributed by atoms with Crippen LogP contribution in [0.4, 0.5) is 10.5 Å². The summed E-state index contributed by atoms with van der Waals surface area (Å²) in [5.74, 6) is 0. The Morgan fingerprint density at radius 3 is 2.47 bits per heavy atom. The molecule has 1 atom stereocenters. The highest BCUT2D eigenvalue weighted by Gasteiger charge is 2.32. The van der Waals surface area contributed by atoms with Gasteiger partial charge in [-0.15, -0.1) is 0 Å². The lowest BCUT2D eigenvalue weighted by Crippen LogP contribution is -2.50. The number of hydrogen-bond donors (Lipinski definition) is 1. The molecule has 104 valence electrons. The maximum absolute atomic E-state index is 12.1. The molecule has 0 spiro atoms. The van der Waals surface area contributed by atoms with Gasteiger partial charge in [0.05, 0.1) is 18.3 Å². The lowest BCUT2D eigenvalue weighted by atomic mass is 9.99. The first kappa shape index (κ1) is 13.9. The van der Waals surface area contributed by atoms with Crippen molar-refractivity contribution >= 4 is 11.8 Å². The van der Waals surface area contributed by atoms with Crippen LogP contribution >= 0.6 is 0 Å². The number of cyclic esters (lactones) is 1. The van der Waals surface area contributed by atoms with Gasteiger partial charge in [0, 0.05) is 13.0 Å². The van der Waals surface area contributed by atoms with Crippen LogP contribution in [0.2, 0.25) is 0 Å². The molecule has 2 N–H and O–H groups in total. The van der Waals surface area contributed by atoms with Gasteiger partial charge in [-0.2, -0.15) is 0 Å². The molecule has 1 aliphatic heterocycles. The topological polar surface area (TPSA) is 55.6 Å². The molecule has 0 radical (unpaired) electrons. The smallest absolute Gasteiger partial charge is 0.414 e. The number of nitrogens with two attached hydrogens (primary N) is 1. The monoisotopic (exact) mass is 262 g/mol. The summed E-state index contributed by atoms with van der Waals surface area (Å²) in [6.45, 7) is 5.14. The fraction of sp³-hybridized carbons (Fsp3) is 0.533. The molecule has 0 bridgehead atoms. The van der Waals surface area contributed by atoms with E-state index >= 15 is 0 Å². The first-order valence-electron chi connectivity index (χ1n) is 6.99. The van der Waals surface area contributed by atoms with E-state index in [4.69, 9.17) is 10.5 Å². The average Bonchev–Trinajstić information content (AvgIpc) is 2.46. The summed E-state index contributed by atoms with van der Waals surface area (Å²) in [6, 6.07) is 6.24. The normalized spacial score (nSPS) is 19.4. The number of carbonyl (C=O) groups is 1. The second-order valence-corrected chi connectivity index (χ2v) is 4.79. The quantitative estimate of drug-likeness (QED) is 0.907. The number of ether oxygens (including phenoxy) is 1. The third kappa shape index (κ3) is 2.59. The zero-order chi connectivity index (χ0) is 13.8. The Morgan fingerprint density at radius 2 is 1.95 bits per heavy atom. The van der Waals surface area contributed by atoms with Crippen LogP contribution in [0.15, 0.2) is 18.2 Å². The van der Waals surface area contributed by atoms with Gasteiger partial charge in [0.2, 0.25) is 0 Å². The third-order valence-corrected chi connectivity index (χ3v) is 3.72. The molecule has 0 saturated carbocycles. The van der Waals surface area contributed by atoms with Gasteiger partial charge < -0.3 is 10.5 Å². The van der Waals surface area contributed by atoms with Crippen molar-refractivity contribution in [1.82, 2.24) is 0 Å². The minimum absolute atomic E-state index is 0.0410. The number of anilines is 1. The third-order valence-electron chi connectivity index (χ3n) is 3.72. The summed E-state index contributed by atoms with van der Waals surface area (Å²) in [6.07, 6.45) is 2.31. The largest absolute Gasteiger partial charge is 0.449 e. The van der Waals surface area contributed by atoms with Crippen molar-refractivity contribution in [2.75, 3.05) is 18.1 Å². The van der Waals surface area contributed by atoms with E-state index in [1.165, 1.54) is 11.1 Å². The van der Waals surface area contributed by atoms with Gasteiger partial charge in [0.25, 0.3) is 0 Å². The molecule has 1 aliphatic rings. The van der Waals surface area contributed by atoms with Crippen LogP contribution in [0.3, 0.4) is 0 Å². The molecular weight excluding hydrogens is 240 g/mol. The Labute approximate surface area is 114 Å². The number of nitrogens with zero attached hydrogens (tertiary/aromatic N) is 1. The number of rotatable bonds is 4. The number of aryl methyl sites for hydroxylation is 2. The van der Waals surface area contributed by atoms with E-state index in [2.05, 4.69) is 26.0 Å². The van der Waals surface area contributed by atoms with Gasteiger partial charge in [-0.25, -0.2) is 4.79 Å². The molecule has 0 aliphatic carbocycles. The van der Waals surface area contributed by atoms with Gasteiger partial charge >= 0.3 is 6.09 Å². The predicted molar refractivity (Wildman–Crippen MR) is 76.5 cm³/mol. The number of amides is 1. The number of carbonyl (C=O) groups excluding carboxylic acids is 1. The zero-order valence-corrected chi connectivity index (χ0v) is 11.7. The minimum Gasteiger partial charge on any atom is -0.449 e. The van der Waals surface area contributed by atoms with Gasteiger partial charge in [0.15, 0.2) is 0 Å². The molecule has 1 aromatic carbocycles. The van der Waals surface area contributed by atoms with E-state index in [1.807, 2.05) is 6.07 Å². The first-order valence-corrected chi connectivity index (χ1v) is 6.99. The number of benzene rings is 1. The molecule has 1 heterocycles.